The molecule has 0 aliphatic carbocycles. The SMILES string of the molecule is CC(C)C(O)c1ccc(N2CCC(=S)N2COCc2ccco2)cc1. The Morgan fingerprint density at radius 2 is 2.00 bits per heavy atom. The van der Waals surface area contributed by atoms with E-state index in [9.17, 15) is 5.11 Å². The number of anilines is 1. The third-order valence-electron chi connectivity index (χ3n) is 4.32. The molecule has 0 spiro atoms. The van der Waals surface area contributed by atoms with Crippen molar-refractivity contribution in [3.05, 3.63) is 54.0 Å². The quantitative estimate of drug-likeness (QED) is 0.756. The van der Waals surface area contributed by atoms with Crippen molar-refractivity contribution in [1.82, 2.24) is 5.01 Å². The van der Waals surface area contributed by atoms with E-state index in [0.717, 1.165) is 35.0 Å². The molecule has 1 atom stereocenters. The molecule has 1 N–H and O–H groups in total. The lowest BCUT2D eigenvalue weighted by Crippen LogP contribution is -2.40. The normalized spacial score (nSPS) is 16.1. The van der Waals surface area contributed by atoms with Crippen LogP contribution in [0.1, 0.15) is 37.7 Å². The van der Waals surface area contributed by atoms with Gasteiger partial charge in [-0.3, -0.25) is 10.0 Å². The van der Waals surface area contributed by atoms with Crippen molar-refractivity contribution in [2.24, 2.45) is 5.92 Å². The molecule has 0 radical (unpaired) electrons. The second-order valence-corrected chi connectivity index (χ2v) is 6.97. The molecular weight excluding hydrogens is 336 g/mol. The van der Waals surface area contributed by atoms with Crippen molar-refractivity contribution >= 4 is 22.9 Å². The van der Waals surface area contributed by atoms with Crippen molar-refractivity contribution < 1.29 is 14.3 Å². The van der Waals surface area contributed by atoms with Gasteiger partial charge in [-0.1, -0.05) is 38.2 Å². The summed E-state index contributed by atoms with van der Waals surface area (Å²) in [4.78, 5) is 0.866. The van der Waals surface area contributed by atoms with Gasteiger partial charge in [-0.2, -0.15) is 0 Å². The van der Waals surface area contributed by atoms with Crippen molar-refractivity contribution in [1.29, 1.82) is 0 Å². The van der Waals surface area contributed by atoms with Gasteiger partial charge in [0.25, 0.3) is 0 Å². The van der Waals surface area contributed by atoms with Crippen molar-refractivity contribution in [3.8, 4) is 0 Å². The molecule has 1 aliphatic rings. The molecule has 0 amide bonds. The van der Waals surface area contributed by atoms with Gasteiger partial charge >= 0.3 is 0 Å². The maximum atomic E-state index is 10.2. The summed E-state index contributed by atoms with van der Waals surface area (Å²) >= 11 is 5.47. The van der Waals surface area contributed by atoms with E-state index in [1.54, 1.807) is 6.26 Å². The van der Waals surface area contributed by atoms with Crippen molar-refractivity contribution in [2.45, 2.75) is 33.0 Å². The minimum Gasteiger partial charge on any atom is -0.467 e. The standard InChI is InChI=1S/C19H24N2O3S/c1-14(2)19(22)15-5-7-16(8-6-15)20-10-9-18(25)21(20)13-23-12-17-4-3-11-24-17/h3-8,11,14,19,22H,9-10,12-13H2,1-2H3. The van der Waals surface area contributed by atoms with Gasteiger partial charge < -0.3 is 14.3 Å². The summed E-state index contributed by atoms with van der Waals surface area (Å²) in [5.74, 6) is 0.986. The van der Waals surface area contributed by atoms with E-state index in [0.29, 0.717) is 13.3 Å². The molecule has 6 heteroatoms. The molecule has 1 aromatic heterocycles. The van der Waals surface area contributed by atoms with Crippen molar-refractivity contribution in [2.75, 3.05) is 18.3 Å². The van der Waals surface area contributed by atoms with E-state index >= 15 is 0 Å². The molecular formula is C19H24N2O3S. The molecule has 134 valence electrons. The molecule has 1 fully saturated rings. The van der Waals surface area contributed by atoms with Gasteiger partial charge in [-0.05, 0) is 35.7 Å². The van der Waals surface area contributed by atoms with Gasteiger partial charge in [0.1, 0.15) is 24.1 Å². The zero-order valence-corrected chi connectivity index (χ0v) is 15.4. The maximum Gasteiger partial charge on any atom is 0.139 e. The van der Waals surface area contributed by atoms with Gasteiger partial charge in [0.15, 0.2) is 0 Å². The van der Waals surface area contributed by atoms with Crippen LogP contribution in [0.5, 0.6) is 0 Å². The van der Waals surface area contributed by atoms with Crippen LogP contribution >= 0.6 is 12.2 Å². The Labute approximate surface area is 153 Å². The number of rotatable bonds is 7. The monoisotopic (exact) mass is 360 g/mol. The largest absolute Gasteiger partial charge is 0.467 e. The Morgan fingerprint density at radius 3 is 2.64 bits per heavy atom. The molecule has 0 saturated carbocycles. The number of aliphatic hydroxyl groups is 1. The summed E-state index contributed by atoms with van der Waals surface area (Å²) < 4.78 is 11.0. The maximum absolute atomic E-state index is 10.2. The number of hydrogen-bond acceptors (Lipinski definition) is 5. The predicted molar refractivity (Wildman–Crippen MR) is 101 cm³/mol. The van der Waals surface area contributed by atoms with Crippen LogP contribution in [0.3, 0.4) is 0 Å². The zero-order valence-electron chi connectivity index (χ0n) is 14.6. The Kier molecular flexibility index (Phi) is 5.73. The first kappa shape index (κ1) is 17.9. The highest BCUT2D eigenvalue weighted by atomic mass is 32.1. The van der Waals surface area contributed by atoms with Crippen LogP contribution in [0, 0.1) is 5.92 Å². The molecule has 2 aromatic rings. The highest BCUT2D eigenvalue weighted by molar-refractivity contribution is 7.80. The van der Waals surface area contributed by atoms with Gasteiger partial charge in [0.2, 0.25) is 0 Å². The first-order valence-corrected chi connectivity index (χ1v) is 8.93. The summed E-state index contributed by atoms with van der Waals surface area (Å²) in [5, 5.41) is 14.3. The fourth-order valence-corrected chi connectivity index (χ4v) is 3.09. The second kappa shape index (κ2) is 7.99. The lowest BCUT2D eigenvalue weighted by molar-refractivity contribution is 0.0446. The summed E-state index contributed by atoms with van der Waals surface area (Å²) in [5.41, 5.74) is 1.97. The van der Waals surface area contributed by atoms with Crippen LogP contribution in [-0.2, 0) is 11.3 Å². The van der Waals surface area contributed by atoms with Crippen LogP contribution in [0.15, 0.2) is 47.1 Å². The Hall–Kier alpha value is -1.89. The molecule has 1 aliphatic heterocycles. The topological polar surface area (TPSA) is 49.1 Å². The van der Waals surface area contributed by atoms with Crippen LogP contribution in [0.25, 0.3) is 0 Å². The lowest BCUT2D eigenvalue weighted by Gasteiger charge is -2.31. The Morgan fingerprint density at radius 1 is 1.24 bits per heavy atom. The molecule has 25 heavy (non-hydrogen) atoms. The molecule has 3 rings (SSSR count). The van der Waals surface area contributed by atoms with E-state index < -0.39 is 6.10 Å². The van der Waals surface area contributed by atoms with E-state index in [1.165, 1.54) is 0 Å². The summed E-state index contributed by atoms with van der Waals surface area (Å²) in [7, 11) is 0. The van der Waals surface area contributed by atoms with E-state index in [1.807, 2.05) is 55.3 Å². The highest BCUT2D eigenvalue weighted by Crippen LogP contribution is 2.27. The molecule has 1 saturated heterocycles. The average molecular weight is 360 g/mol. The van der Waals surface area contributed by atoms with E-state index in [4.69, 9.17) is 21.4 Å². The molecule has 5 nitrogen and oxygen atoms in total. The van der Waals surface area contributed by atoms with Gasteiger partial charge in [-0.25, -0.2) is 0 Å². The number of hydrazine groups is 1. The zero-order chi connectivity index (χ0) is 17.8. The number of nitrogens with zero attached hydrogens (tertiary/aromatic N) is 2. The van der Waals surface area contributed by atoms with Crippen LogP contribution in [0.2, 0.25) is 0 Å². The summed E-state index contributed by atoms with van der Waals surface area (Å²) in [6.07, 6.45) is 2.02. The number of furan rings is 1. The number of aliphatic hydroxyl groups excluding tert-OH is 1. The lowest BCUT2D eigenvalue weighted by atomic mass is 9.99. The van der Waals surface area contributed by atoms with Gasteiger partial charge in [0.05, 0.1) is 18.1 Å². The minimum atomic E-state index is -0.443. The number of ether oxygens (including phenoxy) is 1. The molecule has 1 aromatic carbocycles. The Balaban J connectivity index is 1.64. The second-order valence-electron chi connectivity index (χ2n) is 6.50. The summed E-state index contributed by atoms with van der Waals surface area (Å²) in [6, 6.07) is 11.7. The predicted octanol–water partition coefficient (Wildman–Crippen LogP) is 3.90. The average Bonchev–Trinajstić information content (AvgIpc) is 3.25. The number of thiocarbonyl (C=S) groups is 1. The van der Waals surface area contributed by atoms with Crippen LogP contribution in [-0.4, -0.2) is 28.4 Å². The van der Waals surface area contributed by atoms with Gasteiger partial charge in [0, 0.05) is 13.0 Å². The van der Waals surface area contributed by atoms with E-state index in [-0.39, 0.29) is 5.92 Å². The molecule has 1 unspecified atom stereocenters. The fourth-order valence-electron chi connectivity index (χ4n) is 2.85. The fraction of sp³-hybridized carbons (Fsp3) is 0.421. The van der Waals surface area contributed by atoms with Gasteiger partial charge in [-0.15, -0.1) is 0 Å². The van der Waals surface area contributed by atoms with Crippen molar-refractivity contribution in [3.63, 3.8) is 0 Å². The minimum absolute atomic E-state index is 0.191. The number of benzene rings is 1. The third-order valence-corrected chi connectivity index (χ3v) is 4.73. The summed E-state index contributed by atoms with van der Waals surface area (Å²) in [6.45, 7) is 5.65. The molecule has 0 bridgehead atoms. The van der Waals surface area contributed by atoms with E-state index in [2.05, 4.69) is 5.01 Å². The van der Waals surface area contributed by atoms with Crippen LogP contribution in [0.4, 0.5) is 5.69 Å². The first-order chi connectivity index (χ1) is 12.1. The third kappa shape index (κ3) is 4.21. The smallest absolute Gasteiger partial charge is 0.139 e. The highest BCUT2D eigenvalue weighted by Gasteiger charge is 2.26. The molecule has 2 heterocycles. The first-order valence-electron chi connectivity index (χ1n) is 8.52. The number of hydrogen-bond donors (Lipinski definition) is 1. The Bertz CT molecular complexity index is 685. The van der Waals surface area contributed by atoms with Crippen LogP contribution < -0.4 is 5.01 Å².